The summed E-state index contributed by atoms with van der Waals surface area (Å²) >= 11 is 1.49. The Hall–Kier alpha value is -2.01. The van der Waals surface area contributed by atoms with Crippen LogP contribution in [0.1, 0.15) is 11.4 Å². The molecule has 0 amide bonds. The second kappa shape index (κ2) is 4.59. The van der Waals surface area contributed by atoms with E-state index in [1.807, 2.05) is 38.1 Å². The number of fused-ring (bicyclic) bond motifs is 1. The molecule has 3 aromatic rings. The van der Waals surface area contributed by atoms with E-state index in [1.165, 1.54) is 11.8 Å². The van der Waals surface area contributed by atoms with Crippen LogP contribution in [0.25, 0.3) is 10.9 Å². The lowest BCUT2D eigenvalue weighted by atomic mass is 10.2. The first-order valence-corrected chi connectivity index (χ1v) is 6.70. The van der Waals surface area contributed by atoms with Gasteiger partial charge in [0.05, 0.1) is 11.2 Å². The highest BCUT2D eigenvalue weighted by molar-refractivity contribution is 7.99. The van der Waals surface area contributed by atoms with Gasteiger partial charge in [-0.25, -0.2) is 4.98 Å². The van der Waals surface area contributed by atoms with Gasteiger partial charge in [0.2, 0.25) is 0 Å². The fraction of sp³-hybridized carbons (Fsp3) is 0.143. The number of nitrogens with zero attached hydrogens (tertiary/aromatic N) is 2. The van der Waals surface area contributed by atoms with Gasteiger partial charge in [0, 0.05) is 21.7 Å². The molecule has 0 fully saturated rings. The summed E-state index contributed by atoms with van der Waals surface area (Å²) in [6, 6.07) is 7.74. The predicted octanol–water partition coefficient (Wildman–Crippen LogP) is 3.57. The maximum absolute atomic E-state index is 5.85. The van der Waals surface area contributed by atoms with Crippen LogP contribution >= 0.6 is 11.8 Å². The fourth-order valence-corrected chi connectivity index (χ4v) is 2.87. The van der Waals surface area contributed by atoms with Crippen molar-refractivity contribution in [2.45, 2.75) is 24.0 Å². The van der Waals surface area contributed by atoms with E-state index in [2.05, 4.69) is 9.97 Å². The zero-order valence-corrected chi connectivity index (χ0v) is 11.5. The summed E-state index contributed by atoms with van der Waals surface area (Å²) in [6.45, 7) is 3.88. The normalized spacial score (nSPS) is 11.1. The highest BCUT2D eigenvalue weighted by atomic mass is 32.2. The van der Waals surface area contributed by atoms with E-state index in [-0.39, 0.29) is 0 Å². The van der Waals surface area contributed by atoms with Gasteiger partial charge < -0.3 is 10.2 Å². The minimum absolute atomic E-state index is 0.631. The number of benzene rings is 1. The Bertz CT molecular complexity index is 752. The van der Waals surface area contributed by atoms with Crippen molar-refractivity contribution in [1.82, 2.24) is 9.97 Å². The van der Waals surface area contributed by atoms with Crippen molar-refractivity contribution in [3.63, 3.8) is 0 Å². The number of hydrogen-bond acceptors (Lipinski definition) is 5. The number of nitrogens with two attached hydrogens (primary N) is 1. The van der Waals surface area contributed by atoms with Gasteiger partial charge >= 0.3 is 0 Å². The first kappa shape index (κ1) is 12.0. The van der Waals surface area contributed by atoms with Gasteiger partial charge in [-0.1, -0.05) is 0 Å². The lowest BCUT2D eigenvalue weighted by Crippen LogP contribution is -1.90. The highest BCUT2D eigenvalue weighted by Crippen LogP contribution is 2.33. The highest BCUT2D eigenvalue weighted by Gasteiger charge is 2.09. The van der Waals surface area contributed by atoms with Crippen LogP contribution in [0.4, 0.5) is 5.69 Å². The Morgan fingerprint density at radius 3 is 2.68 bits per heavy atom. The minimum Gasteiger partial charge on any atom is -0.439 e. The number of rotatable bonds is 2. The van der Waals surface area contributed by atoms with Crippen molar-refractivity contribution in [2.75, 3.05) is 5.73 Å². The van der Waals surface area contributed by atoms with E-state index >= 15 is 0 Å². The van der Waals surface area contributed by atoms with Crippen LogP contribution in [0.3, 0.4) is 0 Å². The maximum Gasteiger partial charge on any atom is 0.260 e. The Labute approximate surface area is 115 Å². The van der Waals surface area contributed by atoms with Crippen LogP contribution in [0.2, 0.25) is 0 Å². The molecule has 2 N–H and O–H groups in total. The molecule has 0 bridgehead atoms. The average molecular weight is 271 g/mol. The summed E-state index contributed by atoms with van der Waals surface area (Å²) in [5.74, 6) is 0. The quantitative estimate of drug-likeness (QED) is 0.722. The average Bonchev–Trinajstić information content (AvgIpc) is 2.76. The molecule has 3 rings (SSSR count). The molecule has 0 saturated heterocycles. The molecule has 4 nitrogen and oxygen atoms in total. The first-order chi connectivity index (χ1) is 9.11. The molecule has 5 heteroatoms. The Morgan fingerprint density at radius 2 is 1.95 bits per heavy atom. The van der Waals surface area contributed by atoms with E-state index in [4.69, 9.17) is 10.2 Å². The molecule has 19 heavy (non-hydrogen) atoms. The molecule has 0 saturated carbocycles. The molecule has 1 aromatic carbocycles. The zero-order chi connectivity index (χ0) is 13.4. The molecule has 0 aliphatic carbocycles. The third kappa shape index (κ3) is 2.42. The topological polar surface area (TPSA) is 64.9 Å². The van der Waals surface area contributed by atoms with Crippen LogP contribution in [0.5, 0.6) is 0 Å². The summed E-state index contributed by atoms with van der Waals surface area (Å²) in [7, 11) is 0. The van der Waals surface area contributed by atoms with Crippen molar-refractivity contribution in [2.24, 2.45) is 0 Å². The SMILES string of the molecule is Cc1coc(Sc2cc(C)nc3ccc(N)cc23)n1. The Morgan fingerprint density at radius 1 is 1.11 bits per heavy atom. The molecule has 2 aromatic heterocycles. The summed E-state index contributed by atoms with van der Waals surface area (Å²) in [5.41, 5.74) is 9.34. The monoisotopic (exact) mass is 271 g/mol. The van der Waals surface area contributed by atoms with Crippen LogP contribution in [-0.4, -0.2) is 9.97 Å². The fourth-order valence-electron chi connectivity index (χ4n) is 1.90. The van der Waals surface area contributed by atoms with Gasteiger partial charge in [-0.05, 0) is 49.9 Å². The first-order valence-electron chi connectivity index (χ1n) is 5.89. The largest absolute Gasteiger partial charge is 0.439 e. The Balaban J connectivity index is 2.13. The molecule has 96 valence electrons. The van der Waals surface area contributed by atoms with Gasteiger partial charge in [0.25, 0.3) is 5.22 Å². The third-order valence-electron chi connectivity index (χ3n) is 2.72. The molecule has 0 atom stereocenters. The molecule has 0 spiro atoms. The smallest absolute Gasteiger partial charge is 0.260 e. The molecular formula is C14H13N3OS. The predicted molar refractivity (Wildman–Crippen MR) is 76.3 cm³/mol. The maximum atomic E-state index is 5.85. The van der Waals surface area contributed by atoms with Crippen molar-refractivity contribution in [3.05, 3.63) is 41.9 Å². The molecule has 0 radical (unpaired) electrons. The van der Waals surface area contributed by atoms with Crippen molar-refractivity contribution in [1.29, 1.82) is 0 Å². The Kier molecular flexibility index (Phi) is 2.91. The molecule has 0 unspecified atom stereocenters. The van der Waals surface area contributed by atoms with Crippen LogP contribution in [-0.2, 0) is 0 Å². The zero-order valence-electron chi connectivity index (χ0n) is 10.7. The van der Waals surface area contributed by atoms with Crippen LogP contribution < -0.4 is 5.73 Å². The number of aryl methyl sites for hydroxylation is 2. The molecule has 0 aliphatic heterocycles. The van der Waals surface area contributed by atoms with Gasteiger partial charge in [0.15, 0.2) is 0 Å². The van der Waals surface area contributed by atoms with E-state index in [1.54, 1.807) is 6.26 Å². The lowest BCUT2D eigenvalue weighted by molar-refractivity contribution is 0.454. The summed E-state index contributed by atoms with van der Waals surface area (Å²) in [4.78, 5) is 9.87. The van der Waals surface area contributed by atoms with Gasteiger partial charge in [-0.15, -0.1) is 0 Å². The second-order valence-corrected chi connectivity index (χ2v) is 5.39. The standard InChI is InChI=1S/C14H13N3OS/c1-8-5-13(19-14-17-9(2)7-18-14)11-6-10(15)3-4-12(11)16-8/h3-7H,15H2,1-2H3. The number of hydrogen-bond donors (Lipinski definition) is 1. The number of pyridine rings is 1. The van der Waals surface area contributed by atoms with Gasteiger partial charge in [0.1, 0.15) is 6.26 Å². The van der Waals surface area contributed by atoms with Crippen molar-refractivity contribution >= 4 is 28.4 Å². The van der Waals surface area contributed by atoms with E-state index < -0.39 is 0 Å². The number of nitrogen functional groups attached to an aromatic ring is 1. The third-order valence-corrected chi connectivity index (χ3v) is 3.64. The van der Waals surface area contributed by atoms with Crippen LogP contribution in [0.15, 0.2) is 45.1 Å². The summed E-state index contributed by atoms with van der Waals surface area (Å²) in [6.07, 6.45) is 1.65. The molecular weight excluding hydrogens is 258 g/mol. The van der Waals surface area contributed by atoms with Crippen LogP contribution in [0, 0.1) is 13.8 Å². The summed E-state index contributed by atoms with van der Waals surface area (Å²) < 4.78 is 5.39. The van der Waals surface area contributed by atoms with Gasteiger partial charge in [-0.2, -0.15) is 0 Å². The van der Waals surface area contributed by atoms with E-state index in [0.29, 0.717) is 5.22 Å². The number of anilines is 1. The number of oxazole rings is 1. The molecule has 0 aliphatic rings. The van der Waals surface area contributed by atoms with E-state index in [9.17, 15) is 0 Å². The molecule has 2 heterocycles. The lowest BCUT2D eigenvalue weighted by Gasteiger charge is -2.06. The van der Waals surface area contributed by atoms with Crippen molar-refractivity contribution < 1.29 is 4.42 Å². The number of aromatic nitrogens is 2. The van der Waals surface area contributed by atoms with Crippen molar-refractivity contribution in [3.8, 4) is 0 Å². The summed E-state index contributed by atoms with van der Waals surface area (Å²) in [5, 5.41) is 1.65. The second-order valence-electron chi connectivity index (χ2n) is 4.40. The van der Waals surface area contributed by atoms with E-state index in [0.717, 1.165) is 32.9 Å². The minimum atomic E-state index is 0.631. The van der Waals surface area contributed by atoms with Gasteiger partial charge in [-0.3, -0.25) is 4.98 Å².